The summed E-state index contributed by atoms with van der Waals surface area (Å²) in [5.41, 5.74) is 1.58. The minimum Gasteiger partial charge on any atom is -0.465 e. The Morgan fingerprint density at radius 3 is 2.38 bits per heavy atom. The molecule has 0 saturated carbocycles. The first-order chi connectivity index (χ1) is 13.9. The van der Waals surface area contributed by atoms with Gasteiger partial charge in [-0.2, -0.15) is 0 Å². The summed E-state index contributed by atoms with van der Waals surface area (Å²) >= 11 is 4.07. The normalized spacial score (nSPS) is 15.0. The fourth-order valence-corrected chi connectivity index (χ4v) is 3.60. The maximum atomic E-state index is 12.5. The van der Waals surface area contributed by atoms with E-state index in [1.54, 1.807) is 54.6 Å². The number of carbonyl (C=O) groups is 4. The Kier molecular flexibility index (Phi) is 6.50. The molecule has 2 aromatic carbocycles. The monoisotopic (exact) mass is 474 g/mol. The number of methoxy groups -OCH3 is 1. The summed E-state index contributed by atoms with van der Waals surface area (Å²) < 4.78 is 5.50. The average Bonchev–Trinajstić information content (AvgIpc) is 2.97. The zero-order chi connectivity index (χ0) is 21.0. The van der Waals surface area contributed by atoms with Gasteiger partial charge in [0.25, 0.3) is 11.1 Å². The van der Waals surface area contributed by atoms with Crippen molar-refractivity contribution in [2.45, 2.75) is 0 Å². The number of amides is 3. The summed E-state index contributed by atoms with van der Waals surface area (Å²) in [6.45, 7) is -0.376. The lowest BCUT2D eigenvalue weighted by atomic mass is 10.1. The van der Waals surface area contributed by atoms with Gasteiger partial charge in [0.2, 0.25) is 5.91 Å². The van der Waals surface area contributed by atoms with Crippen molar-refractivity contribution in [2.24, 2.45) is 0 Å². The van der Waals surface area contributed by atoms with E-state index >= 15 is 0 Å². The molecule has 3 rings (SSSR count). The molecule has 0 unspecified atom stereocenters. The maximum absolute atomic E-state index is 12.5. The van der Waals surface area contributed by atoms with E-state index in [2.05, 4.69) is 26.0 Å². The second-order valence-corrected chi connectivity index (χ2v) is 7.85. The summed E-state index contributed by atoms with van der Waals surface area (Å²) in [6.07, 6.45) is 1.54. The summed E-state index contributed by atoms with van der Waals surface area (Å²) in [4.78, 5) is 49.5. The minimum atomic E-state index is -0.539. The molecular formula is C20H15BrN2O5S. The Morgan fingerprint density at radius 1 is 1.10 bits per heavy atom. The molecule has 1 aliphatic heterocycles. The van der Waals surface area contributed by atoms with E-state index in [1.165, 1.54) is 7.11 Å². The van der Waals surface area contributed by atoms with Crippen molar-refractivity contribution >= 4 is 62.5 Å². The van der Waals surface area contributed by atoms with Gasteiger partial charge in [-0.25, -0.2) is 4.79 Å². The fraction of sp³-hybridized carbons (Fsp3) is 0.100. The summed E-state index contributed by atoms with van der Waals surface area (Å²) in [5.74, 6) is -1.48. The number of anilines is 1. The third-order valence-corrected chi connectivity index (χ3v) is 5.37. The number of ether oxygens (including phenoxy) is 1. The zero-order valence-corrected chi connectivity index (χ0v) is 17.6. The van der Waals surface area contributed by atoms with E-state index in [0.29, 0.717) is 16.8 Å². The number of carbonyl (C=O) groups excluding carboxylic acids is 4. The van der Waals surface area contributed by atoms with E-state index in [-0.39, 0.29) is 11.4 Å². The first-order valence-electron chi connectivity index (χ1n) is 8.36. The van der Waals surface area contributed by atoms with Gasteiger partial charge in [0.05, 0.1) is 17.6 Å². The Hall–Kier alpha value is -2.91. The largest absolute Gasteiger partial charge is 0.465 e. The van der Waals surface area contributed by atoms with Gasteiger partial charge in [-0.05, 0) is 59.8 Å². The van der Waals surface area contributed by atoms with Crippen LogP contribution >= 0.6 is 27.7 Å². The van der Waals surface area contributed by atoms with Crippen molar-refractivity contribution in [1.82, 2.24) is 4.90 Å². The third-order valence-electron chi connectivity index (χ3n) is 3.93. The molecular weight excluding hydrogens is 460 g/mol. The van der Waals surface area contributed by atoms with E-state index in [4.69, 9.17) is 0 Å². The lowest BCUT2D eigenvalue weighted by Gasteiger charge is -2.12. The highest BCUT2D eigenvalue weighted by Gasteiger charge is 2.36. The van der Waals surface area contributed by atoms with Crippen LogP contribution in [-0.4, -0.2) is 41.6 Å². The highest BCUT2D eigenvalue weighted by molar-refractivity contribution is 9.10. The van der Waals surface area contributed by atoms with Crippen LogP contribution in [0.4, 0.5) is 10.5 Å². The standard InChI is InChI=1S/C20H15BrN2O5S/c1-28-19(26)13-4-2-12(3-5-13)10-16-18(25)23(20(27)29-16)11-17(24)22-15-8-6-14(21)7-9-15/h2-10H,11H2,1H3,(H,22,24)/b16-10+. The Morgan fingerprint density at radius 2 is 1.76 bits per heavy atom. The quantitative estimate of drug-likeness (QED) is 0.521. The molecule has 0 bridgehead atoms. The van der Waals surface area contributed by atoms with Crippen LogP contribution in [-0.2, 0) is 14.3 Å². The molecule has 1 heterocycles. The average molecular weight is 475 g/mol. The molecule has 0 aliphatic carbocycles. The highest BCUT2D eigenvalue weighted by Crippen LogP contribution is 2.32. The van der Waals surface area contributed by atoms with Crippen LogP contribution in [0.15, 0.2) is 57.9 Å². The van der Waals surface area contributed by atoms with Gasteiger partial charge < -0.3 is 10.1 Å². The second-order valence-electron chi connectivity index (χ2n) is 5.94. The molecule has 1 aliphatic rings. The topological polar surface area (TPSA) is 92.8 Å². The summed E-state index contributed by atoms with van der Waals surface area (Å²) in [6, 6.07) is 13.3. The molecule has 2 aromatic rings. The van der Waals surface area contributed by atoms with E-state index in [9.17, 15) is 19.2 Å². The summed E-state index contributed by atoms with van der Waals surface area (Å²) in [5, 5.41) is 2.13. The number of nitrogens with one attached hydrogen (secondary N) is 1. The van der Waals surface area contributed by atoms with Gasteiger partial charge in [-0.3, -0.25) is 19.3 Å². The number of hydrogen-bond acceptors (Lipinski definition) is 6. The van der Waals surface area contributed by atoms with Gasteiger partial charge in [-0.15, -0.1) is 0 Å². The van der Waals surface area contributed by atoms with Gasteiger partial charge in [0.15, 0.2) is 0 Å². The van der Waals surface area contributed by atoms with Crippen molar-refractivity contribution in [2.75, 3.05) is 19.0 Å². The number of halogens is 1. The van der Waals surface area contributed by atoms with Crippen molar-refractivity contribution in [3.8, 4) is 0 Å². The van der Waals surface area contributed by atoms with Crippen LogP contribution < -0.4 is 5.32 Å². The highest BCUT2D eigenvalue weighted by atomic mass is 79.9. The van der Waals surface area contributed by atoms with E-state index in [0.717, 1.165) is 21.1 Å². The van der Waals surface area contributed by atoms with Gasteiger partial charge >= 0.3 is 5.97 Å². The first-order valence-corrected chi connectivity index (χ1v) is 9.97. The Bertz CT molecular complexity index is 1000. The minimum absolute atomic E-state index is 0.206. The number of thioether (sulfide) groups is 1. The molecule has 148 valence electrons. The van der Waals surface area contributed by atoms with Crippen LogP contribution in [0.25, 0.3) is 6.08 Å². The van der Waals surface area contributed by atoms with E-state index < -0.39 is 23.0 Å². The molecule has 0 atom stereocenters. The molecule has 0 aromatic heterocycles. The van der Waals surface area contributed by atoms with Crippen LogP contribution in [0.5, 0.6) is 0 Å². The first kappa shape index (κ1) is 20.8. The number of esters is 1. The molecule has 1 fully saturated rings. The summed E-state index contributed by atoms with van der Waals surface area (Å²) in [7, 11) is 1.29. The van der Waals surface area contributed by atoms with E-state index in [1.807, 2.05) is 0 Å². The zero-order valence-electron chi connectivity index (χ0n) is 15.2. The van der Waals surface area contributed by atoms with Gasteiger partial charge in [0, 0.05) is 10.2 Å². The van der Waals surface area contributed by atoms with Crippen LogP contribution in [0.2, 0.25) is 0 Å². The smallest absolute Gasteiger partial charge is 0.337 e. The lowest BCUT2D eigenvalue weighted by Crippen LogP contribution is -2.36. The predicted octanol–water partition coefficient (Wildman–Crippen LogP) is 3.91. The van der Waals surface area contributed by atoms with Crippen molar-refractivity contribution in [3.63, 3.8) is 0 Å². The lowest BCUT2D eigenvalue weighted by molar-refractivity contribution is -0.127. The molecule has 1 N–H and O–H groups in total. The molecule has 7 nitrogen and oxygen atoms in total. The number of nitrogens with zero attached hydrogens (tertiary/aromatic N) is 1. The number of hydrogen-bond donors (Lipinski definition) is 1. The molecule has 3 amide bonds. The van der Waals surface area contributed by atoms with Gasteiger partial charge in [0.1, 0.15) is 6.54 Å². The number of rotatable bonds is 5. The Labute approximate surface area is 179 Å². The van der Waals surface area contributed by atoms with Crippen molar-refractivity contribution in [1.29, 1.82) is 0 Å². The molecule has 9 heteroatoms. The Balaban J connectivity index is 1.67. The van der Waals surface area contributed by atoms with Crippen LogP contribution in [0.1, 0.15) is 15.9 Å². The molecule has 0 radical (unpaired) electrons. The molecule has 1 saturated heterocycles. The van der Waals surface area contributed by atoms with Crippen molar-refractivity contribution in [3.05, 3.63) is 69.0 Å². The van der Waals surface area contributed by atoms with Crippen LogP contribution in [0, 0.1) is 0 Å². The van der Waals surface area contributed by atoms with Crippen LogP contribution in [0.3, 0.4) is 0 Å². The maximum Gasteiger partial charge on any atom is 0.337 e. The fourth-order valence-electron chi connectivity index (χ4n) is 2.50. The second kappa shape index (κ2) is 9.06. The van der Waals surface area contributed by atoms with Crippen molar-refractivity contribution < 1.29 is 23.9 Å². The third kappa shape index (κ3) is 5.12. The SMILES string of the molecule is COC(=O)c1ccc(/C=C2/SC(=O)N(CC(=O)Nc3ccc(Br)cc3)C2=O)cc1. The van der Waals surface area contributed by atoms with Gasteiger partial charge in [-0.1, -0.05) is 28.1 Å². The molecule has 0 spiro atoms. The number of imide groups is 1. The number of benzene rings is 2. The predicted molar refractivity (Wildman–Crippen MR) is 113 cm³/mol. The molecule has 29 heavy (non-hydrogen) atoms.